The lowest BCUT2D eigenvalue weighted by atomic mass is 10.1. The van der Waals surface area contributed by atoms with Crippen LogP contribution in [0.4, 0.5) is 51.7 Å². The molecule has 0 aliphatic carbocycles. The Bertz CT molecular complexity index is 5830. The zero-order valence-electron chi connectivity index (χ0n) is 56.4. The Balaban J connectivity index is 0.000000116. The maximum atomic E-state index is 11.5. The molecule has 36 heteroatoms. The van der Waals surface area contributed by atoms with Gasteiger partial charge in [-0.3, -0.25) is 10.2 Å². The molecule has 15 N–H and O–H groups in total. The molecule has 1 aliphatic rings. The molecular formula is C66H69N29O7. The fraction of sp³-hybridized carbons (Fsp3) is 0.258. The first-order valence-electron chi connectivity index (χ1n) is 32.2. The highest BCUT2D eigenvalue weighted by atomic mass is 16.5. The van der Waals surface area contributed by atoms with Crippen LogP contribution in [0, 0.1) is 6.92 Å². The van der Waals surface area contributed by atoms with Crippen molar-refractivity contribution in [3.05, 3.63) is 97.6 Å². The largest absolute Gasteiger partial charge is 0.453 e. The van der Waals surface area contributed by atoms with Crippen molar-refractivity contribution in [2.75, 3.05) is 85.4 Å². The van der Waals surface area contributed by atoms with Crippen molar-refractivity contribution in [3.63, 3.8) is 0 Å². The van der Waals surface area contributed by atoms with Gasteiger partial charge in [-0.05, 0) is 121 Å². The fourth-order valence-electron chi connectivity index (χ4n) is 11.9. The van der Waals surface area contributed by atoms with E-state index in [0.29, 0.717) is 108 Å². The number of oxazole rings is 2. The Morgan fingerprint density at radius 1 is 0.490 bits per heavy atom. The van der Waals surface area contributed by atoms with E-state index in [1.165, 1.54) is 26.1 Å². The van der Waals surface area contributed by atoms with Gasteiger partial charge in [-0.15, -0.1) is 0 Å². The SMILES string of the molecule is CC(C)n1nc(-c2ccc3oc(N)nc3c2)c2c(N)ncnc21.COC(=O)Nc1noc2ccc(-c3nn(C(C)C)c4ncnc(N)c34)cc12.Cc1nc(N)c2c(-c3ccc4oc(N)nc4c3)nn(C(C)C)c2n1.Nc1noc2ccc(-c3nn(CCN4CCOCC4)c4ncnc(N)c34)cc12. The van der Waals surface area contributed by atoms with Crippen molar-refractivity contribution in [2.24, 2.45) is 0 Å². The Labute approximate surface area is 576 Å². The number of nitrogen functional groups attached to an aromatic ring is 7. The molecule has 1 saturated heterocycles. The second-order valence-electron chi connectivity index (χ2n) is 24.5. The molecule has 0 atom stereocenters. The number of carbonyl (C=O) groups excluding carboxylic acids is 1. The number of carbonyl (C=O) groups is 1. The van der Waals surface area contributed by atoms with E-state index in [0.717, 1.165) is 99.4 Å². The summed E-state index contributed by atoms with van der Waals surface area (Å²) in [5.41, 5.74) is 54.3. The molecule has 12 aromatic heterocycles. The van der Waals surface area contributed by atoms with E-state index < -0.39 is 6.09 Å². The second-order valence-corrected chi connectivity index (χ2v) is 24.5. The van der Waals surface area contributed by atoms with Crippen molar-refractivity contribution < 1.29 is 32.1 Å². The minimum Gasteiger partial charge on any atom is -0.453 e. The summed E-state index contributed by atoms with van der Waals surface area (Å²) in [6.07, 6.45) is 3.70. The number of methoxy groups -OCH3 is 1. The third kappa shape index (κ3) is 12.5. The first kappa shape index (κ1) is 66.0. The van der Waals surface area contributed by atoms with Crippen LogP contribution in [0.5, 0.6) is 0 Å². The quantitative estimate of drug-likeness (QED) is 0.0598. The lowest BCUT2D eigenvalue weighted by Gasteiger charge is -2.26. The summed E-state index contributed by atoms with van der Waals surface area (Å²) < 4.78 is 38.5. The van der Waals surface area contributed by atoms with Crippen molar-refractivity contribution >= 4 is 141 Å². The first-order valence-corrected chi connectivity index (χ1v) is 32.2. The van der Waals surface area contributed by atoms with Crippen molar-refractivity contribution in [2.45, 2.75) is 73.1 Å². The molecule has 4 aromatic carbocycles. The van der Waals surface area contributed by atoms with E-state index in [9.17, 15) is 4.79 Å². The first-order chi connectivity index (χ1) is 49.2. The molecule has 36 nitrogen and oxygen atoms in total. The Kier molecular flexibility index (Phi) is 17.4. The Morgan fingerprint density at radius 3 is 1.45 bits per heavy atom. The molecule has 1 aliphatic heterocycles. The van der Waals surface area contributed by atoms with Crippen LogP contribution in [-0.4, -0.2) is 150 Å². The standard InChI is InChI=1S/C18H20N8O2.C17H17N7O3.C16H17N7O.C15H15N7O/c19-16-12-9-11(1-2-13(12)28-24-16)15-14-17(20)21-10-22-18(14)26(23-15)4-3-25-5-7-27-8-6-25;1-8(2)24-16-12(14(18)19-7-20-16)13(22-24)9-4-5-11-10(6-9)15(23-27-11)21-17(25)26-3;1-7(2)23-15-12(14(17)19-8(3)20-15)13(22-23)9-4-5-11-10(6-9)21-16(18)24-11;1-7(2)22-14-11(13(16)18-6-19-14)12(21-22)8-3-4-10-9(5-8)20-15(17)23-10/h1-2,9-10H,3-8H2,(H2,19,24)(H2,20,21,22);4-8H,1-3H3,(H2,18,19,20)(H,21,23,25);4-7H,1-3H3,(H2,18,21)(H2,17,19,20);3-7H,1-2H3,(H2,17,20)(H2,16,18,19). The summed E-state index contributed by atoms with van der Waals surface area (Å²) >= 11 is 0. The van der Waals surface area contributed by atoms with Crippen LogP contribution in [0.25, 0.3) is 133 Å². The zero-order chi connectivity index (χ0) is 71.4. The van der Waals surface area contributed by atoms with Crippen LogP contribution in [0.1, 0.15) is 65.5 Å². The predicted octanol–water partition coefficient (Wildman–Crippen LogP) is 9.18. The van der Waals surface area contributed by atoms with Gasteiger partial charge in [0.2, 0.25) is 0 Å². The molecular weight excluding hydrogens is 1310 g/mol. The van der Waals surface area contributed by atoms with E-state index >= 15 is 0 Å². The normalized spacial score (nSPS) is 12.7. The molecule has 13 heterocycles. The number of aryl methyl sites for hydroxylation is 1. The highest BCUT2D eigenvalue weighted by Gasteiger charge is 2.25. The fourth-order valence-corrected chi connectivity index (χ4v) is 11.9. The third-order valence-corrected chi connectivity index (χ3v) is 16.8. The lowest BCUT2D eigenvalue weighted by Crippen LogP contribution is -2.38. The molecule has 0 radical (unpaired) electrons. The average molecular weight is 1380 g/mol. The molecule has 16 aromatic rings. The van der Waals surface area contributed by atoms with Gasteiger partial charge in [0.1, 0.15) is 81.9 Å². The van der Waals surface area contributed by atoms with Crippen molar-refractivity contribution in [3.8, 4) is 45.0 Å². The average Bonchev–Trinajstić information content (AvgIpc) is 1.63. The minimum absolute atomic E-state index is 0.0893. The molecule has 1 fully saturated rings. The maximum Gasteiger partial charge on any atom is 0.412 e. The Hall–Kier alpha value is -13.3. The summed E-state index contributed by atoms with van der Waals surface area (Å²) in [7, 11) is 1.27. The number of anilines is 8. The highest BCUT2D eigenvalue weighted by Crippen LogP contribution is 2.39. The van der Waals surface area contributed by atoms with Gasteiger partial charge in [-0.1, -0.05) is 10.3 Å². The smallest absolute Gasteiger partial charge is 0.412 e. The van der Waals surface area contributed by atoms with Crippen LogP contribution in [-0.2, 0) is 16.0 Å². The summed E-state index contributed by atoms with van der Waals surface area (Å²) in [6.45, 7) is 18.9. The number of morpholine rings is 1. The van der Waals surface area contributed by atoms with Crippen LogP contribution < -0.4 is 45.5 Å². The monoisotopic (exact) mass is 1380 g/mol. The maximum absolute atomic E-state index is 11.5. The van der Waals surface area contributed by atoms with Gasteiger partial charge < -0.3 is 67.5 Å². The lowest BCUT2D eigenvalue weighted by molar-refractivity contribution is 0.0361. The molecule has 17 rings (SSSR count). The van der Waals surface area contributed by atoms with Gasteiger partial charge in [-0.25, -0.2) is 63.4 Å². The summed E-state index contributed by atoms with van der Waals surface area (Å²) in [4.78, 5) is 56.4. The zero-order valence-corrected chi connectivity index (χ0v) is 56.4. The number of ether oxygens (including phenoxy) is 2. The second kappa shape index (κ2) is 26.9. The van der Waals surface area contributed by atoms with Crippen LogP contribution in [0.2, 0.25) is 0 Å². The molecule has 0 bridgehead atoms. The van der Waals surface area contributed by atoms with Crippen LogP contribution in [0.3, 0.4) is 0 Å². The summed E-state index contributed by atoms with van der Waals surface area (Å²) in [6, 6.07) is 22.9. The van der Waals surface area contributed by atoms with E-state index in [1.807, 2.05) is 129 Å². The van der Waals surface area contributed by atoms with Crippen molar-refractivity contribution in [1.29, 1.82) is 0 Å². The molecule has 0 unspecified atom stereocenters. The number of nitrogens with one attached hydrogen (secondary N) is 1. The highest BCUT2D eigenvalue weighted by molar-refractivity contribution is 6.05. The number of fused-ring (bicyclic) bond motifs is 8. The van der Waals surface area contributed by atoms with E-state index in [-0.39, 0.29) is 36.0 Å². The number of nitrogens with zero attached hydrogens (tertiary/aromatic N) is 21. The number of benzene rings is 4. The number of rotatable bonds is 11. The number of hydrogen-bond donors (Lipinski definition) is 8. The number of hydrogen-bond acceptors (Lipinski definition) is 31. The number of aromatic nitrogens is 20. The topological polar surface area (TPSA) is 511 Å². The van der Waals surface area contributed by atoms with Crippen LogP contribution in [0.15, 0.2) is 110 Å². The molecule has 1 amide bonds. The van der Waals surface area contributed by atoms with E-state index in [1.54, 1.807) is 10.7 Å². The molecule has 0 saturated carbocycles. The molecule has 102 heavy (non-hydrogen) atoms. The number of nitrogens with two attached hydrogens (primary N) is 7. The van der Waals surface area contributed by atoms with Gasteiger partial charge in [-0.2, -0.15) is 30.4 Å². The van der Waals surface area contributed by atoms with Gasteiger partial charge in [0, 0.05) is 60.0 Å². The Morgan fingerprint density at radius 2 is 0.931 bits per heavy atom. The van der Waals surface area contributed by atoms with Gasteiger partial charge in [0.15, 0.2) is 56.6 Å². The molecule has 520 valence electrons. The third-order valence-electron chi connectivity index (χ3n) is 16.8. The predicted molar refractivity (Wildman–Crippen MR) is 383 cm³/mol. The van der Waals surface area contributed by atoms with Crippen molar-refractivity contribution in [1.82, 2.24) is 104 Å². The minimum atomic E-state index is -0.636. The van der Waals surface area contributed by atoms with E-state index in [4.69, 9.17) is 73.0 Å². The molecule has 0 spiro atoms. The van der Waals surface area contributed by atoms with E-state index in [2.05, 4.69) is 85.3 Å². The summed E-state index contributed by atoms with van der Waals surface area (Å²) in [5.74, 6) is 2.78. The van der Waals surface area contributed by atoms with Gasteiger partial charge in [0.25, 0.3) is 12.0 Å². The van der Waals surface area contributed by atoms with Gasteiger partial charge in [0.05, 0.1) is 59.2 Å². The van der Waals surface area contributed by atoms with Gasteiger partial charge >= 0.3 is 6.09 Å². The summed E-state index contributed by atoms with van der Waals surface area (Å²) in [5, 5.41) is 33.3. The van der Waals surface area contributed by atoms with Crippen LogP contribution >= 0.6 is 0 Å². The number of amides is 1.